The monoisotopic (exact) mass is 1000 g/mol. The summed E-state index contributed by atoms with van der Waals surface area (Å²) in [6, 6.07) is 72.8. The zero-order valence-electron chi connectivity index (χ0n) is 34.1. The Morgan fingerprint density at radius 3 is 1.98 bits per heavy atom. The number of hydrogen-bond acceptors (Lipinski definition) is 4. The van der Waals surface area contributed by atoms with Crippen LogP contribution in [0, 0.1) is 18.4 Å². The first-order chi connectivity index (χ1) is 30.7. The second kappa shape index (κ2) is 17.3. The first-order valence-electron chi connectivity index (χ1n) is 20.6. The van der Waals surface area contributed by atoms with Crippen LogP contribution in [-0.4, -0.2) is 14.5 Å². The summed E-state index contributed by atoms with van der Waals surface area (Å²) in [5.74, 6) is 0.877. The third-order valence-electron chi connectivity index (χ3n) is 11.3. The van der Waals surface area contributed by atoms with E-state index >= 15 is 0 Å². The third kappa shape index (κ3) is 7.59. The Hall–Kier alpha value is -7.21. The molecule has 303 valence electrons. The van der Waals surface area contributed by atoms with Crippen molar-refractivity contribution in [1.82, 2.24) is 14.5 Å². The van der Waals surface area contributed by atoms with E-state index in [0.29, 0.717) is 0 Å². The van der Waals surface area contributed by atoms with Gasteiger partial charge in [0.05, 0.1) is 22.5 Å². The Morgan fingerprint density at radius 1 is 0.556 bits per heavy atom. The molecule has 0 aliphatic carbocycles. The Morgan fingerprint density at radius 2 is 1.25 bits per heavy atom. The van der Waals surface area contributed by atoms with Crippen LogP contribution in [0.2, 0.25) is 0 Å². The van der Waals surface area contributed by atoms with Gasteiger partial charge in [0.25, 0.3) is 0 Å². The maximum absolute atomic E-state index is 6.21. The Balaban J connectivity index is 0.000000314. The van der Waals surface area contributed by atoms with Crippen molar-refractivity contribution in [2.24, 2.45) is 0 Å². The molecule has 0 amide bonds. The number of benzene rings is 8. The summed E-state index contributed by atoms with van der Waals surface area (Å²) in [5, 5.41) is 7.10. The number of para-hydroxylation sites is 3. The average Bonchev–Trinajstić information content (AvgIpc) is 4.05. The number of aryl methyl sites for hydroxylation is 1. The van der Waals surface area contributed by atoms with Gasteiger partial charge in [-0.3, -0.25) is 16.3 Å². The van der Waals surface area contributed by atoms with Gasteiger partial charge in [-0.05, 0) is 76.8 Å². The molecular formula is C57H37IrN3OS-2. The van der Waals surface area contributed by atoms with Gasteiger partial charge in [-0.2, -0.15) is 0 Å². The predicted octanol–water partition coefficient (Wildman–Crippen LogP) is 15.5. The number of fused-ring (bicyclic) bond motifs is 5. The van der Waals surface area contributed by atoms with E-state index in [1.54, 1.807) is 17.5 Å². The number of aromatic nitrogens is 3. The summed E-state index contributed by atoms with van der Waals surface area (Å²) in [6.07, 6.45) is 1.79. The van der Waals surface area contributed by atoms with Crippen LogP contribution in [-0.2, 0) is 20.1 Å². The molecule has 6 heteroatoms. The molecule has 63 heavy (non-hydrogen) atoms. The Kier molecular flexibility index (Phi) is 10.9. The minimum absolute atomic E-state index is 0. The van der Waals surface area contributed by atoms with Crippen LogP contribution in [0.15, 0.2) is 211 Å². The van der Waals surface area contributed by atoms with Crippen LogP contribution in [0.1, 0.15) is 5.56 Å². The standard InChI is InChI=1S/C46H29N2OS.C11H8N.Ir/c1-29-19-22-36-37-26-32(20-23-42(37)49-43(36)25-29)33-21-24-44-38(27-33)39(28-50-44)46-47-40-17-8-9-18-41(40)48(46)45-34(30-11-4-2-5-12-30)15-10-16-35(45)31-13-6-3-7-14-31;1-2-6-10(7-3-1)11-8-4-5-9-12-11;/h2-27H,1H3;1-6,8-9H;/q2*-1;. The van der Waals surface area contributed by atoms with Crippen LogP contribution in [0.4, 0.5) is 0 Å². The summed E-state index contributed by atoms with van der Waals surface area (Å²) < 4.78 is 9.74. The van der Waals surface area contributed by atoms with Crippen molar-refractivity contribution in [3.8, 4) is 61.7 Å². The average molecular weight is 1000 g/mol. The number of pyridine rings is 1. The molecule has 0 unspecified atom stereocenters. The van der Waals surface area contributed by atoms with Crippen molar-refractivity contribution in [2.45, 2.75) is 6.92 Å². The van der Waals surface area contributed by atoms with E-state index in [2.05, 4.69) is 186 Å². The van der Waals surface area contributed by atoms with E-state index in [1.165, 1.54) is 10.3 Å². The molecule has 4 nitrogen and oxygen atoms in total. The fraction of sp³-hybridized carbons (Fsp3) is 0.0175. The van der Waals surface area contributed by atoms with Gasteiger partial charge in [-0.15, -0.1) is 41.3 Å². The molecule has 0 spiro atoms. The molecule has 0 saturated carbocycles. The molecule has 0 saturated heterocycles. The van der Waals surface area contributed by atoms with Crippen LogP contribution < -0.4 is 0 Å². The van der Waals surface area contributed by atoms with Crippen LogP contribution in [0.5, 0.6) is 0 Å². The van der Waals surface area contributed by atoms with Gasteiger partial charge in [0.2, 0.25) is 0 Å². The number of nitrogens with zero attached hydrogens (tertiary/aromatic N) is 3. The van der Waals surface area contributed by atoms with Crippen LogP contribution in [0.25, 0.3) is 105 Å². The van der Waals surface area contributed by atoms with Crippen LogP contribution >= 0.6 is 11.3 Å². The van der Waals surface area contributed by atoms with Gasteiger partial charge in [0.15, 0.2) is 0 Å². The second-order valence-electron chi connectivity index (χ2n) is 15.3. The van der Waals surface area contributed by atoms with Gasteiger partial charge < -0.3 is 14.0 Å². The van der Waals surface area contributed by atoms with Gasteiger partial charge in [0, 0.05) is 48.2 Å². The van der Waals surface area contributed by atoms with E-state index in [4.69, 9.17) is 9.40 Å². The Labute approximate surface area is 383 Å². The minimum atomic E-state index is 0. The fourth-order valence-electron chi connectivity index (χ4n) is 8.37. The van der Waals surface area contributed by atoms with Gasteiger partial charge in [0.1, 0.15) is 11.2 Å². The molecule has 0 N–H and O–H groups in total. The zero-order chi connectivity index (χ0) is 41.4. The normalized spacial score (nSPS) is 11.1. The molecule has 0 bridgehead atoms. The first-order valence-corrected chi connectivity index (χ1v) is 21.5. The molecule has 0 aliphatic heterocycles. The molecule has 4 heterocycles. The largest absolute Gasteiger partial charge is 0.456 e. The van der Waals surface area contributed by atoms with Crippen molar-refractivity contribution >= 4 is 54.4 Å². The number of hydrogen-bond donors (Lipinski definition) is 0. The molecule has 1 radical (unpaired) electrons. The van der Waals surface area contributed by atoms with Crippen molar-refractivity contribution < 1.29 is 24.5 Å². The second-order valence-corrected chi connectivity index (χ2v) is 16.1. The zero-order valence-corrected chi connectivity index (χ0v) is 37.3. The van der Waals surface area contributed by atoms with Gasteiger partial charge >= 0.3 is 0 Å². The Bertz CT molecular complexity index is 3430. The van der Waals surface area contributed by atoms with E-state index in [-0.39, 0.29) is 20.1 Å². The summed E-state index contributed by atoms with van der Waals surface area (Å²) in [4.78, 5) is 9.57. The topological polar surface area (TPSA) is 43.9 Å². The van der Waals surface area contributed by atoms with E-state index < -0.39 is 0 Å². The van der Waals surface area contributed by atoms with E-state index in [0.717, 1.165) is 100 Å². The number of imidazole rings is 1. The molecular weight excluding hydrogens is 967 g/mol. The number of thiophene rings is 1. The number of rotatable bonds is 6. The predicted molar refractivity (Wildman–Crippen MR) is 258 cm³/mol. The maximum Gasteiger partial charge on any atom is 0.135 e. The quantitative estimate of drug-likeness (QED) is 0.156. The molecule has 0 fully saturated rings. The van der Waals surface area contributed by atoms with Crippen molar-refractivity contribution in [3.05, 3.63) is 223 Å². The number of furan rings is 1. The molecule has 12 aromatic rings. The SMILES string of the molecule is Cc1ccc2c(c1)oc1ccc(-c3ccc4s[c-]c(-c5nc6ccccc6n5-c5c(-c6ccccc6)cccc5-c5ccccc5)c4c3)cc12.[Ir].[c-]1ccccc1-c1ccccn1. The van der Waals surface area contributed by atoms with Crippen molar-refractivity contribution in [1.29, 1.82) is 0 Å². The van der Waals surface area contributed by atoms with Gasteiger partial charge in [-0.1, -0.05) is 155 Å². The summed E-state index contributed by atoms with van der Waals surface area (Å²) in [6.45, 7) is 2.10. The van der Waals surface area contributed by atoms with Crippen molar-refractivity contribution in [2.75, 3.05) is 0 Å². The molecule has 0 aliphatic rings. The van der Waals surface area contributed by atoms with Crippen molar-refractivity contribution in [3.63, 3.8) is 0 Å². The molecule has 8 aromatic carbocycles. The maximum atomic E-state index is 6.21. The first kappa shape index (κ1) is 39.9. The summed E-state index contributed by atoms with van der Waals surface area (Å²) in [5.41, 5.74) is 16.0. The molecule has 12 rings (SSSR count). The third-order valence-corrected chi connectivity index (χ3v) is 12.2. The smallest absolute Gasteiger partial charge is 0.135 e. The summed E-state index contributed by atoms with van der Waals surface area (Å²) >= 11 is 1.64. The fourth-order valence-corrected chi connectivity index (χ4v) is 9.19. The van der Waals surface area contributed by atoms with E-state index in [9.17, 15) is 0 Å². The van der Waals surface area contributed by atoms with Gasteiger partial charge in [-0.25, -0.2) is 0 Å². The molecule has 0 atom stereocenters. The summed E-state index contributed by atoms with van der Waals surface area (Å²) in [7, 11) is 0. The molecule has 4 aromatic heterocycles. The van der Waals surface area contributed by atoms with E-state index in [1.807, 2.05) is 42.5 Å². The minimum Gasteiger partial charge on any atom is -0.456 e. The van der Waals surface area contributed by atoms with Crippen LogP contribution in [0.3, 0.4) is 0 Å².